The van der Waals surface area contributed by atoms with E-state index in [1.54, 1.807) is 6.20 Å². The highest BCUT2D eigenvalue weighted by atomic mass is 16.2. The number of hydrogen-bond donors (Lipinski definition) is 1. The van der Waals surface area contributed by atoms with Crippen molar-refractivity contribution in [2.45, 2.75) is 33.7 Å². The summed E-state index contributed by atoms with van der Waals surface area (Å²) in [6, 6.07) is 9.79. The molecule has 0 bridgehead atoms. The van der Waals surface area contributed by atoms with E-state index in [4.69, 9.17) is 0 Å². The summed E-state index contributed by atoms with van der Waals surface area (Å²) in [7, 11) is 1.96. The maximum absolute atomic E-state index is 13.0. The van der Waals surface area contributed by atoms with Crippen molar-refractivity contribution in [1.29, 1.82) is 0 Å². The summed E-state index contributed by atoms with van der Waals surface area (Å²) in [5.74, 6) is 1.25. The smallest absolute Gasteiger partial charge is 0.225 e. The summed E-state index contributed by atoms with van der Waals surface area (Å²) in [6.45, 7) is 8.51. The van der Waals surface area contributed by atoms with Crippen molar-refractivity contribution in [3.8, 4) is 0 Å². The highest BCUT2D eigenvalue weighted by molar-refractivity contribution is 5.84. The predicted octanol–water partition coefficient (Wildman–Crippen LogP) is 3.86. The molecular formula is C21H27N3O. The van der Waals surface area contributed by atoms with Crippen molar-refractivity contribution in [2.24, 2.45) is 24.3 Å². The first-order chi connectivity index (χ1) is 11.8. The van der Waals surface area contributed by atoms with Crippen LogP contribution in [-0.4, -0.2) is 15.5 Å². The largest absolute Gasteiger partial charge is 0.342 e. The van der Waals surface area contributed by atoms with Gasteiger partial charge in [-0.2, -0.15) is 0 Å². The molecule has 1 N–H and O–H groups in total. The summed E-state index contributed by atoms with van der Waals surface area (Å²) in [5.41, 5.74) is 2.31. The molecule has 3 rings (SSSR count). The van der Waals surface area contributed by atoms with Crippen molar-refractivity contribution in [3.63, 3.8) is 0 Å². The number of benzene rings is 1. The molecule has 0 unspecified atom stereocenters. The third-order valence-electron chi connectivity index (χ3n) is 5.24. The second-order valence-electron chi connectivity index (χ2n) is 7.82. The number of nitrogens with one attached hydrogen (secondary N) is 1. The van der Waals surface area contributed by atoms with Gasteiger partial charge in [-0.1, -0.05) is 55.8 Å². The standard InChI is InChI=1S/C21H27N3O/c1-14(2)13-16-17(21(16,3)4)20(25)23-18(15-9-7-6-8-10-15)19-22-11-12-24(19)5/h6-13,16-18H,1-5H3,(H,23,25)/t16-,17+,18+/m1/s1. The van der Waals surface area contributed by atoms with Crippen molar-refractivity contribution < 1.29 is 4.79 Å². The molecular weight excluding hydrogens is 310 g/mol. The van der Waals surface area contributed by atoms with Crippen LogP contribution < -0.4 is 5.32 Å². The maximum atomic E-state index is 13.0. The van der Waals surface area contributed by atoms with E-state index in [0.29, 0.717) is 5.92 Å². The Morgan fingerprint density at radius 3 is 2.52 bits per heavy atom. The molecule has 0 saturated heterocycles. The highest BCUT2D eigenvalue weighted by Crippen LogP contribution is 2.59. The summed E-state index contributed by atoms with van der Waals surface area (Å²) >= 11 is 0. The van der Waals surface area contributed by atoms with E-state index in [9.17, 15) is 4.79 Å². The fourth-order valence-electron chi connectivity index (χ4n) is 3.68. The van der Waals surface area contributed by atoms with Gasteiger partial charge >= 0.3 is 0 Å². The number of hydrogen-bond acceptors (Lipinski definition) is 2. The Labute approximate surface area is 150 Å². The molecule has 1 aliphatic rings. The van der Waals surface area contributed by atoms with Gasteiger partial charge in [0.25, 0.3) is 0 Å². The number of carbonyl (C=O) groups is 1. The first kappa shape index (κ1) is 17.5. The Balaban J connectivity index is 1.86. The molecule has 1 aromatic heterocycles. The number of rotatable bonds is 5. The van der Waals surface area contributed by atoms with E-state index in [2.05, 4.69) is 44.1 Å². The lowest BCUT2D eigenvalue weighted by molar-refractivity contribution is -0.123. The van der Waals surface area contributed by atoms with E-state index < -0.39 is 0 Å². The van der Waals surface area contributed by atoms with E-state index >= 15 is 0 Å². The van der Waals surface area contributed by atoms with Gasteiger partial charge in [0.1, 0.15) is 11.9 Å². The number of carbonyl (C=O) groups excluding carboxylic acids is 1. The van der Waals surface area contributed by atoms with Crippen LogP contribution >= 0.6 is 0 Å². The first-order valence-electron chi connectivity index (χ1n) is 8.80. The summed E-state index contributed by atoms with van der Waals surface area (Å²) in [5, 5.41) is 3.25. The number of nitrogens with zero attached hydrogens (tertiary/aromatic N) is 2. The van der Waals surface area contributed by atoms with E-state index in [1.165, 1.54) is 5.57 Å². The Hall–Kier alpha value is -2.36. The third kappa shape index (κ3) is 3.39. The zero-order valence-corrected chi connectivity index (χ0v) is 15.7. The van der Waals surface area contributed by atoms with Gasteiger partial charge in [-0.3, -0.25) is 4.79 Å². The second kappa shape index (κ2) is 6.51. The minimum absolute atomic E-state index is 0.00419. The predicted molar refractivity (Wildman–Crippen MR) is 99.8 cm³/mol. The zero-order valence-electron chi connectivity index (χ0n) is 15.7. The van der Waals surface area contributed by atoms with Crippen LogP contribution in [-0.2, 0) is 11.8 Å². The number of allylic oxidation sites excluding steroid dienone is 2. The van der Waals surface area contributed by atoms with Crippen molar-refractivity contribution >= 4 is 5.91 Å². The lowest BCUT2D eigenvalue weighted by Gasteiger charge is -2.19. The SMILES string of the molecule is CC(C)=C[C@@H]1[C@@H](C(=O)N[C@@H](c2ccccc2)c2nccn2C)C1(C)C. The van der Waals surface area contributed by atoms with Gasteiger partial charge in [0.15, 0.2) is 0 Å². The van der Waals surface area contributed by atoms with Crippen LogP contribution in [0.25, 0.3) is 0 Å². The van der Waals surface area contributed by atoms with E-state index in [-0.39, 0.29) is 23.3 Å². The van der Waals surface area contributed by atoms with Crippen LogP contribution in [0, 0.1) is 17.3 Å². The molecule has 0 radical (unpaired) electrons. The zero-order chi connectivity index (χ0) is 18.2. The maximum Gasteiger partial charge on any atom is 0.225 e. The lowest BCUT2D eigenvalue weighted by Crippen LogP contribution is -2.33. The molecule has 1 aliphatic carbocycles. The molecule has 0 aliphatic heterocycles. The number of amides is 1. The normalized spacial score (nSPS) is 22.1. The highest BCUT2D eigenvalue weighted by Gasteiger charge is 2.60. The Kier molecular flexibility index (Phi) is 4.55. The van der Waals surface area contributed by atoms with Crippen LogP contribution in [0.3, 0.4) is 0 Å². The van der Waals surface area contributed by atoms with Gasteiger partial charge in [0.05, 0.1) is 5.92 Å². The molecule has 1 aromatic carbocycles. The number of aryl methyl sites for hydroxylation is 1. The van der Waals surface area contributed by atoms with Crippen LogP contribution in [0.5, 0.6) is 0 Å². The van der Waals surface area contributed by atoms with Gasteiger partial charge in [-0.05, 0) is 30.7 Å². The molecule has 4 heteroatoms. The quantitative estimate of drug-likeness (QED) is 0.842. The summed E-state index contributed by atoms with van der Waals surface area (Å²) in [4.78, 5) is 17.5. The average molecular weight is 337 g/mol. The Morgan fingerprint density at radius 1 is 1.28 bits per heavy atom. The van der Waals surface area contributed by atoms with Crippen LogP contribution in [0.15, 0.2) is 54.4 Å². The average Bonchev–Trinajstić information content (AvgIpc) is 2.88. The molecule has 1 fully saturated rings. The van der Waals surface area contributed by atoms with Crippen molar-refractivity contribution in [1.82, 2.24) is 14.9 Å². The van der Waals surface area contributed by atoms with Gasteiger partial charge in [0.2, 0.25) is 5.91 Å². The summed E-state index contributed by atoms with van der Waals surface area (Å²) < 4.78 is 1.96. The minimum atomic E-state index is -0.238. The minimum Gasteiger partial charge on any atom is -0.342 e. The van der Waals surface area contributed by atoms with E-state index in [1.807, 2.05) is 48.1 Å². The molecule has 1 amide bonds. The second-order valence-corrected chi connectivity index (χ2v) is 7.82. The molecule has 3 atom stereocenters. The van der Waals surface area contributed by atoms with Crippen LogP contribution in [0.1, 0.15) is 45.1 Å². The molecule has 4 nitrogen and oxygen atoms in total. The Bertz CT molecular complexity index is 784. The first-order valence-corrected chi connectivity index (χ1v) is 8.80. The van der Waals surface area contributed by atoms with Gasteiger partial charge in [-0.15, -0.1) is 0 Å². The number of imidazole rings is 1. The topological polar surface area (TPSA) is 46.9 Å². The molecule has 2 aromatic rings. The van der Waals surface area contributed by atoms with Gasteiger partial charge in [0, 0.05) is 19.4 Å². The molecule has 132 valence electrons. The Morgan fingerprint density at radius 2 is 1.96 bits per heavy atom. The lowest BCUT2D eigenvalue weighted by atomic mass is 10.0. The number of aromatic nitrogens is 2. The van der Waals surface area contributed by atoms with Gasteiger partial charge in [-0.25, -0.2) is 4.98 Å². The molecule has 1 heterocycles. The fraction of sp³-hybridized carbons (Fsp3) is 0.429. The third-order valence-corrected chi connectivity index (χ3v) is 5.24. The van der Waals surface area contributed by atoms with Gasteiger partial charge < -0.3 is 9.88 Å². The summed E-state index contributed by atoms with van der Waals surface area (Å²) in [6.07, 6.45) is 5.90. The molecule has 0 spiro atoms. The van der Waals surface area contributed by atoms with Crippen LogP contribution in [0.2, 0.25) is 0 Å². The fourth-order valence-corrected chi connectivity index (χ4v) is 3.68. The van der Waals surface area contributed by atoms with Crippen molar-refractivity contribution in [3.05, 3.63) is 65.8 Å². The monoisotopic (exact) mass is 337 g/mol. The van der Waals surface area contributed by atoms with Crippen LogP contribution in [0.4, 0.5) is 0 Å². The molecule has 25 heavy (non-hydrogen) atoms. The van der Waals surface area contributed by atoms with Crippen molar-refractivity contribution in [2.75, 3.05) is 0 Å². The van der Waals surface area contributed by atoms with E-state index in [0.717, 1.165) is 11.4 Å². The molecule has 1 saturated carbocycles.